The molecule has 1 rings (SSSR count). The number of amides is 4. The van der Waals surface area contributed by atoms with Gasteiger partial charge in [0.15, 0.2) is 5.96 Å². The summed E-state index contributed by atoms with van der Waals surface area (Å²) in [4.78, 5) is 68.6. The highest BCUT2D eigenvalue weighted by Gasteiger charge is 2.40. The molecule has 0 aliphatic carbocycles. The molecule has 1 heterocycles. The Hall–Kier alpha value is -3.46. The number of carboxylic acid groups (broad SMARTS) is 1. The van der Waals surface area contributed by atoms with Crippen molar-refractivity contribution in [2.24, 2.45) is 34.0 Å². The fourth-order valence-electron chi connectivity index (χ4n) is 4.33. The normalized spacial score (nSPS) is 18.0. The van der Waals surface area contributed by atoms with Crippen LogP contribution < -0.4 is 33.2 Å². The predicted molar refractivity (Wildman–Crippen MR) is 147 cm³/mol. The van der Waals surface area contributed by atoms with Crippen LogP contribution in [0.5, 0.6) is 0 Å². The molecule has 1 aliphatic heterocycles. The number of nitrogens with zero attached hydrogens (tertiary/aromatic N) is 2. The van der Waals surface area contributed by atoms with Crippen molar-refractivity contribution in [3.8, 4) is 0 Å². The first-order valence-electron chi connectivity index (χ1n) is 13.6. The average molecular weight is 571 g/mol. The maximum atomic E-state index is 13.5. The number of carbonyl (C=O) groups excluding carboxylic acids is 4. The highest BCUT2D eigenvalue weighted by molar-refractivity contribution is 5.96. The first kappa shape index (κ1) is 34.6. The Morgan fingerprint density at radius 2 is 1.65 bits per heavy atom. The van der Waals surface area contributed by atoms with Crippen LogP contribution in [0.4, 0.5) is 0 Å². The van der Waals surface area contributed by atoms with E-state index in [4.69, 9.17) is 17.2 Å². The van der Waals surface area contributed by atoms with E-state index in [9.17, 15) is 34.2 Å². The van der Waals surface area contributed by atoms with Crippen LogP contribution in [0.25, 0.3) is 0 Å². The van der Waals surface area contributed by atoms with E-state index in [2.05, 4.69) is 20.9 Å². The van der Waals surface area contributed by atoms with Gasteiger partial charge in [-0.25, -0.2) is 4.79 Å². The number of guanidine groups is 1. The summed E-state index contributed by atoms with van der Waals surface area (Å²) in [6, 6.07) is -5.37. The molecular weight excluding hydrogens is 524 g/mol. The topological polar surface area (TPSA) is 256 Å². The van der Waals surface area contributed by atoms with E-state index in [1.54, 1.807) is 27.7 Å². The second-order valence-electron chi connectivity index (χ2n) is 10.7. The van der Waals surface area contributed by atoms with Gasteiger partial charge in [-0.15, -0.1) is 0 Å². The van der Waals surface area contributed by atoms with Gasteiger partial charge in [-0.3, -0.25) is 24.2 Å². The molecule has 0 bridgehead atoms. The average Bonchev–Trinajstić information content (AvgIpc) is 3.36. The molecule has 11 N–H and O–H groups in total. The number of nitrogens with two attached hydrogens (primary N) is 3. The fourth-order valence-corrected chi connectivity index (χ4v) is 4.33. The minimum Gasteiger partial charge on any atom is -0.480 e. The molecule has 0 unspecified atom stereocenters. The molecule has 40 heavy (non-hydrogen) atoms. The summed E-state index contributed by atoms with van der Waals surface area (Å²) in [5.74, 6) is -4.14. The maximum Gasteiger partial charge on any atom is 0.326 e. The summed E-state index contributed by atoms with van der Waals surface area (Å²) in [7, 11) is 0. The molecule has 228 valence electrons. The lowest BCUT2D eigenvalue weighted by Crippen LogP contribution is -2.59. The third-order valence-electron chi connectivity index (χ3n) is 6.51. The first-order chi connectivity index (χ1) is 18.7. The van der Waals surface area contributed by atoms with Crippen molar-refractivity contribution < 1.29 is 34.2 Å². The lowest BCUT2D eigenvalue weighted by atomic mass is 10.0. The summed E-state index contributed by atoms with van der Waals surface area (Å²) >= 11 is 0. The number of hydrogen-bond acceptors (Lipinski definition) is 8. The van der Waals surface area contributed by atoms with Crippen molar-refractivity contribution in [2.45, 2.75) is 90.0 Å². The Bertz CT molecular complexity index is 923. The van der Waals surface area contributed by atoms with Gasteiger partial charge in [-0.1, -0.05) is 27.7 Å². The summed E-state index contributed by atoms with van der Waals surface area (Å²) in [6.45, 7) is 6.90. The van der Waals surface area contributed by atoms with Gasteiger partial charge in [0.05, 0.1) is 12.6 Å². The summed E-state index contributed by atoms with van der Waals surface area (Å²) in [5.41, 5.74) is 16.5. The van der Waals surface area contributed by atoms with Crippen LogP contribution in [0, 0.1) is 11.8 Å². The van der Waals surface area contributed by atoms with Crippen LogP contribution in [-0.4, -0.2) is 101 Å². The minimum atomic E-state index is -1.41. The van der Waals surface area contributed by atoms with Crippen molar-refractivity contribution in [2.75, 3.05) is 19.7 Å². The molecule has 0 spiro atoms. The highest BCUT2D eigenvalue weighted by Crippen LogP contribution is 2.21. The van der Waals surface area contributed by atoms with Gasteiger partial charge in [0.1, 0.15) is 24.2 Å². The van der Waals surface area contributed by atoms with Crippen molar-refractivity contribution in [3.63, 3.8) is 0 Å². The molecular formula is C25H46N8O7. The first-order valence-corrected chi connectivity index (χ1v) is 13.6. The molecule has 4 amide bonds. The number of aliphatic carboxylic acids is 1. The van der Waals surface area contributed by atoms with Crippen molar-refractivity contribution in [1.29, 1.82) is 0 Å². The quantitative estimate of drug-likeness (QED) is 0.0554. The van der Waals surface area contributed by atoms with Crippen LogP contribution in [-0.2, 0) is 24.0 Å². The molecule has 0 saturated carbocycles. The third-order valence-corrected chi connectivity index (χ3v) is 6.51. The zero-order chi connectivity index (χ0) is 30.6. The van der Waals surface area contributed by atoms with Gasteiger partial charge < -0.3 is 48.3 Å². The molecule has 0 aromatic rings. The van der Waals surface area contributed by atoms with Gasteiger partial charge in [-0.05, 0) is 43.9 Å². The Morgan fingerprint density at radius 1 is 1.00 bits per heavy atom. The summed E-state index contributed by atoms with van der Waals surface area (Å²) < 4.78 is 0. The van der Waals surface area contributed by atoms with Gasteiger partial charge in [0.25, 0.3) is 0 Å². The summed E-state index contributed by atoms with van der Waals surface area (Å²) in [5, 5.41) is 26.6. The molecule has 0 radical (unpaired) electrons. The van der Waals surface area contributed by atoms with Crippen LogP contribution >= 0.6 is 0 Å². The zero-order valence-electron chi connectivity index (χ0n) is 23.8. The van der Waals surface area contributed by atoms with E-state index in [0.29, 0.717) is 32.2 Å². The molecule has 0 aromatic heterocycles. The number of rotatable bonds is 16. The van der Waals surface area contributed by atoms with E-state index in [1.807, 2.05) is 0 Å². The van der Waals surface area contributed by atoms with Crippen molar-refractivity contribution in [3.05, 3.63) is 0 Å². The summed E-state index contributed by atoms with van der Waals surface area (Å²) in [6.07, 6.45) is 1.75. The van der Waals surface area contributed by atoms with Crippen molar-refractivity contribution >= 4 is 35.6 Å². The standard InChI is InChI=1S/C25H46N8O7/c1-13(2)11-16(24(39)40)30-21(36)17(12-34)31-22(37)18-8-6-10-33(18)23(38)19(14(3)4)32-20(35)15(26)7-5-9-29-25(27)28/h13-19,34H,5-12,26H2,1-4H3,(H,30,36)(H,31,37)(H,32,35)(H,39,40)(H4,27,28,29)/t15-,16-,17-,18-,19-/m0/s1. The fraction of sp³-hybridized carbons (Fsp3) is 0.760. The molecule has 15 heteroatoms. The monoisotopic (exact) mass is 570 g/mol. The van der Waals surface area contributed by atoms with E-state index in [0.717, 1.165) is 0 Å². The van der Waals surface area contributed by atoms with Crippen LogP contribution in [0.2, 0.25) is 0 Å². The van der Waals surface area contributed by atoms with Gasteiger partial charge in [-0.2, -0.15) is 0 Å². The number of nitrogens with one attached hydrogen (secondary N) is 3. The molecule has 1 saturated heterocycles. The van der Waals surface area contributed by atoms with Crippen LogP contribution in [0.1, 0.15) is 59.8 Å². The van der Waals surface area contributed by atoms with E-state index >= 15 is 0 Å². The SMILES string of the molecule is CC(C)C[C@H](NC(=O)[C@H](CO)NC(=O)[C@@H]1CCCN1C(=O)[C@@H](NC(=O)[C@@H](N)CCCN=C(N)N)C(C)C)C(=O)O. The number of carboxylic acids is 1. The van der Waals surface area contributed by atoms with Crippen molar-refractivity contribution in [1.82, 2.24) is 20.9 Å². The predicted octanol–water partition coefficient (Wildman–Crippen LogP) is -2.41. The maximum absolute atomic E-state index is 13.5. The van der Waals surface area contributed by atoms with Crippen LogP contribution in [0.15, 0.2) is 4.99 Å². The van der Waals surface area contributed by atoms with Crippen LogP contribution in [0.3, 0.4) is 0 Å². The minimum absolute atomic E-state index is 0.0183. The number of aliphatic imine (C=N–C) groups is 1. The molecule has 0 aromatic carbocycles. The molecule has 1 fully saturated rings. The largest absolute Gasteiger partial charge is 0.480 e. The van der Waals surface area contributed by atoms with Gasteiger partial charge in [0.2, 0.25) is 23.6 Å². The Morgan fingerprint density at radius 3 is 2.17 bits per heavy atom. The van der Waals surface area contributed by atoms with Gasteiger partial charge >= 0.3 is 5.97 Å². The van der Waals surface area contributed by atoms with E-state index in [-0.39, 0.29) is 30.8 Å². The second kappa shape index (κ2) is 16.6. The Kier molecular flexibility index (Phi) is 14.3. The van der Waals surface area contributed by atoms with Gasteiger partial charge in [0, 0.05) is 13.1 Å². The Balaban J connectivity index is 2.87. The second-order valence-corrected chi connectivity index (χ2v) is 10.7. The number of aliphatic hydroxyl groups is 1. The number of aliphatic hydroxyl groups excluding tert-OH is 1. The number of likely N-dealkylation sites (tertiary alicyclic amines) is 1. The zero-order valence-corrected chi connectivity index (χ0v) is 23.8. The molecule has 15 nitrogen and oxygen atoms in total. The highest BCUT2D eigenvalue weighted by atomic mass is 16.4. The lowest BCUT2D eigenvalue weighted by Gasteiger charge is -2.31. The van der Waals surface area contributed by atoms with E-state index < -0.39 is 66.4 Å². The third kappa shape index (κ3) is 11.0. The lowest BCUT2D eigenvalue weighted by molar-refractivity contribution is -0.144. The Labute approximate surface area is 234 Å². The smallest absolute Gasteiger partial charge is 0.326 e. The molecule has 5 atom stereocenters. The number of hydrogen-bond donors (Lipinski definition) is 8. The van der Waals surface area contributed by atoms with E-state index in [1.165, 1.54) is 4.90 Å². The molecule has 1 aliphatic rings. The number of carbonyl (C=O) groups is 5.